The van der Waals surface area contributed by atoms with Crippen LogP contribution in [-0.4, -0.2) is 48.0 Å². The van der Waals surface area contributed by atoms with Gasteiger partial charge in [0.2, 0.25) is 0 Å². The van der Waals surface area contributed by atoms with Crippen LogP contribution in [0.15, 0.2) is 48.8 Å². The van der Waals surface area contributed by atoms with Crippen LogP contribution in [0.1, 0.15) is 10.4 Å². The van der Waals surface area contributed by atoms with E-state index >= 15 is 0 Å². The molecule has 0 aliphatic carbocycles. The number of hydrogen-bond acceptors (Lipinski definition) is 5. The predicted molar refractivity (Wildman–Crippen MR) is 125 cm³/mol. The molecule has 7 nitrogen and oxygen atoms in total. The maximum Gasteiger partial charge on any atom is 0.262 e. The number of aromatic nitrogens is 1. The number of benzene rings is 2. The third kappa shape index (κ3) is 4.51. The number of carbonyl (C=O) groups excluding carboxylic acids is 2. The Balaban J connectivity index is 1.23. The molecule has 5 rings (SSSR count). The molecular formula is C24H18Cl2FN3O4. The van der Waals surface area contributed by atoms with Crippen molar-refractivity contribution in [1.82, 2.24) is 9.88 Å². The van der Waals surface area contributed by atoms with Gasteiger partial charge in [-0.25, -0.2) is 4.39 Å². The van der Waals surface area contributed by atoms with Crippen molar-refractivity contribution in [3.63, 3.8) is 0 Å². The van der Waals surface area contributed by atoms with E-state index < -0.39 is 11.7 Å². The average molecular weight is 502 g/mol. The topological polar surface area (TPSA) is 80.8 Å². The SMILES string of the molecule is O=C1COc2cc(F)c(C(=O)N3CC(COc4ccc(Cl)cc4-c4cncc(Cl)c4)C3)cc2N1. The molecule has 3 aromatic rings. The largest absolute Gasteiger partial charge is 0.493 e. The number of halogens is 3. The monoisotopic (exact) mass is 501 g/mol. The summed E-state index contributed by atoms with van der Waals surface area (Å²) in [5, 5.41) is 3.64. The molecule has 1 aromatic heterocycles. The van der Waals surface area contributed by atoms with E-state index in [9.17, 15) is 14.0 Å². The van der Waals surface area contributed by atoms with Crippen molar-refractivity contribution < 1.29 is 23.5 Å². The average Bonchev–Trinajstić information content (AvgIpc) is 2.78. The predicted octanol–water partition coefficient (Wildman–Crippen LogP) is 4.68. The van der Waals surface area contributed by atoms with E-state index in [1.807, 2.05) is 0 Å². The number of anilines is 1. The van der Waals surface area contributed by atoms with Crippen LogP contribution >= 0.6 is 23.2 Å². The number of likely N-dealkylation sites (tertiary alicyclic amines) is 1. The molecule has 2 aromatic carbocycles. The van der Waals surface area contributed by atoms with Crippen molar-refractivity contribution in [3.05, 3.63) is 70.2 Å². The molecule has 1 saturated heterocycles. The van der Waals surface area contributed by atoms with Crippen LogP contribution in [0.4, 0.5) is 10.1 Å². The summed E-state index contributed by atoms with van der Waals surface area (Å²) in [6, 6.07) is 9.50. The maximum absolute atomic E-state index is 14.5. The van der Waals surface area contributed by atoms with Crippen LogP contribution in [0.25, 0.3) is 11.1 Å². The number of ether oxygens (including phenoxy) is 2. The zero-order valence-electron chi connectivity index (χ0n) is 17.7. The summed E-state index contributed by atoms with van der Waals surface area (Å²) in [4.78, 5) is 30.0. The molecular weight excluding hydrogens is 484 g/mol. The van der Waals surface area contributed by atoms with Gasteiger partial charge < -0.3 is 19.7 Å². The molecule has 10 heteroatoms. The van der Waals surface area contributed by atoms with Gasteiger partial charge in [0.1, 0.15) is 17.3 Å². The second-order valence-electron chi connectivity index (χ2n) is 8.08. The van der Waals surface area contributed by atoms with Crippen molar-refractivity contribution in [2.45, 2.75) is 0 Å². The Labute approximate surface area is 204 Å². The number of amides is 2. The summed E-state index contributed by atoms with van der Waals surface area (Å²) in [7, 11) is 0. The van der Waals surface area contributed by atoms with Crippen molar-refractivity contribution in [1.29, 1.82) is 0 Å². The molecule has 174 valence electrons. The number of rotatable bonds is 5. The quantitative estimate of drug-likeness (QED) is 0.549. The number of carbonyl (C=O) groups is 2. The van der Waals surface area contributed by atoms with E-state index in [1.54, 1.807) is 36.7 Å². The molecule has 1 fully saturated rings. The maximum atomic E-state index is 14.5. The molecule has 0 atom stereocenters. The standard InChI is InChI=1S/C24H18Cl2FN3O4/c25-15-1-2-21(17(4-15)14-3-16(26)8-28-7-14)33-11-13-9-30(10-13)24(32)18-5-20-22(6-19(18)27)34-12-23(31)29-20/h1-8,13H,9-12H2,(H,29,31). The van der Waals surface area contributed by atoms with Crippen LogP contribution in [0, 0.1) is 11.7 Å². The van der Waals surface area contributed by atoms with Crippen molar-refractivity contribution in [2.75, 3.05) is 31.6 Å². The van der Waals surface area contributed by atoms with Crippen molar-refractivity contribution in [2.24, 2.45) is 5.92 Å². The van der Waals surface area contributed by atoms with Crippen molar-refractivity contribution >= 4 is 40.7 Å². The van der Waals surface area contributed by atoms with Gasteiger partial charge in [0.05, 0.1) is 22.9 Å². The van der Waals surface area contributed by atoms with Crippen molar-refractivity contribution in [3.8, 4) is 22.6 Å². The number of hydrogen-bond donors (Lipinski definition) is 1. The molecule has 2 aliphatic rings. The molecule has 3 heterocycles. The summed E-state index contributed by atoms with van der Waals surface area (Å²) < 4.78 is 25.7. The van der Waals surface area contributed by atoms with Gasteiger partial charge in [-0.2, -0.15) is 0 Å². The molecule has 2 aliphatic heterocycles. The summed E-state index contributed by atoms with van der Waals surface area (Å²) >= 11 is 12.2. The van der Waals surface area contributed by atoms with Gasteiger partial charge in [-0.15, -0.1) is 0 Å². The van der Waals surface area contributed by atoms with E-state index in [1.165, 1.54) is 11.0 Å². The molecule has 34 heavy (non-hydrogen) atoms. The van der Waals surface area contributed by atoms with Gasteiger partial charge in [0.15, 0.2) is 6.61 Å². The van der Waals surface area contributed by atoms with E-state index in [2.05, 4.69) is 10.3 Å². The summed E-state index contributed by atoms with van der Waals surface area (Å²) in [5.74, 6) is -0.594. The fourth-order valence-electron chi connectivity index (χ4n) is 3.90. The fraction of sp³-hybridized carbons (Fsp3) is 0.208. The first kappa shape index (κ1) is 22.4. The highest BCUT2D eigenvalue weighted by molar-refractivity contribution is 6.31. The normalized spacial score (nSPS) is 15.1. The lowest BCUT2D eigenvalue weighted by atomic mass is 9.99. The summed E-state index contributed by atoms with van der Waals surface area (Å²) in [5.41, 5.74) is 1.70. The zero-order chi connectivity index (χ0) is 23.8. The minimum absolute atomic E-state index is 0.0775. The Kier molecular flexibility index (Phi) is 6.02. The van der Waals surface area contributed by atoms with Gasteiger partial charge in [0, 0.05) is 53.6 Å². The van der Waals surface area contributed by atoms with E-state index in [-0.39, 0.29) is 35.4 Å². The second kappa shape index (κ2) is 9.12. The number of fused-ring (bicyclic) bond motifs is 1. The highest BCUT2D eigenvalue weighted by Gasteiger charge is 2.34. The first-order valence-electron chi connectivity index (χ1n) is 10.5. The summed E-state index contributed by atoms with van der Waals surface area (Å²) in [6.45, 7) is 1.01. The van der Waals surface area contributed by atoms with Crippen LogP contribution < -0.4 is 14.8 Å². The summed E-state index contributed by atoms with van der Waals surface area (Å²) in [6.07, 6.45) is 3.22. The first-order chi connectivity index (χ1) is 16.4. The number of nitrogens with zero attached hydrogens (tertiary/aromatic N) is 2. The van der Waals surface area contributed by atoms with Crippen LogP contribution in [-0.2, 0) is 4.79 Å². The van der Waals surface area contributed by atoms with Gasteiger partial charge in [-0.1, -0.05) is 23.2 Å². The van der Waals surface area contributed by atoms with Crippen LogP contribution in [0.3, 0.4) is 0 Å². The Morgan fingerprint density at radius 2 is 2.00 bits per heavy atom. The van der Waals surface area contributed by atoms with Gasteiger partial charge in [-0.3, -0.25) is 14.6 Å². The Hall–Kier alpha value is -3.36. The van der Waals surface area contributed by atoms with Crippen LogP contribution in [0.5, 0.6) is 11.5 Å². The lowest BCUT2D eigenvalue weighted by Gasteiger charge is -2.39. The van der Waals surface area contributed by atoms with E-state index in [4.69, 9.17) is 32.7 Å². The third-order valence-electron chi connectivity index (χ3n) is 5.61. The number of nitrogens with one attached hydrogen (secondary N) is 1. The highest BCUT2D eigenvalue weighted by Crippen LogP contribution is 2.35. The first-order valence-corrected chi connectivity index (χ1v) is 11.2. The molecule has 0 bridgehead atoms. The van der Waals surface area contributed by atoms with Gasteiger partial charge in [0.25, 0.3) is 11.8 Å². The molecule has 0 unspecified atom stereocenters. The molecule has 0 spiro atoms. The minimum Gasteiger partial charge on any atom is -0.493 e. The van der Waals surface area contributed by atoms with Gasteiger partial charge >= 0.3 is 0 Å². The van der Waals surface area contributed by atoms with Gasteiger partial charge in [-0.05, 0) is 30.3 Å². The lowest BCUT2D eigenvalue weighted by Crippen LogP contribution is -2.52. The third-order valence-corrected chi connectivity index (χ3v) is 6.05. The molecule has 1 N–H and O–H groups in total. The highest BCUT2D eigenvalue weighted by atomic mass is 35.5. The molecule has 2 amide bonds. The van der Waals surface area contributed by atoms with E-state index in [0.717, 1.165) is 17.2 Å². The Morgan fingerprint density at radius 3 is 2.79 bits per heavy atom. The zero-order valence-corrected chi connectivity index (χ0v) is 19.2. The van der Waals surface area contributed by atoms with E-state index in [0.29, 0.717) is 35.5 Å². The Morgan fingerprint density at radius 1 is 1.18 bits per heavy atom. The van der Waals surface area contributed by atoms with Crippen LogP contribution in [0.2, 0.25) is 10.0 Å². The Bertz CT molecular complexity index is 1300. The minimum atomic E-state index is -0.694. The number of pyridine rings is 1. The molecule has 0 saturated carbocycles. The lowest BCUT2D eigenvalue weighted by molar-refractivity contribution is -0.118. The smallest absolute Gasteiger partial charge is 0.262 e. The molecule has 0 radical (unpaired) electrons. The fourth-order valence-corrected chi connectivity index (χ4v) is 4.24. The second-order valence-corrected chi connectivity index (χ2v) is 8.96.